The zero-order valence-electron chi connectivity index (χ0n) is 15.1. The zero-order chi connectivity index (χ0) is 17.2. The number of morpholine rings is 1. The predicted octanol–water partition coefficient (Wildman–Crippen LogP) is 1.94. The van der Waals surface area contributed by atoms with Crippen LogP contribution < -0.4 is 0 Å². The van der Waals surface area contributed by atoms with Gasteiger partial charge >= 0.3 is 6.03 Å². The Balaban J connectivity index is 1.55. The molecule has 0 aromatic heterocycles. The Bertz CT molecular complexity index is 470. The lowest BCUT2D eigenvalue weighted by atomic mass is 9.90. The first-order chi connectivity index (χ1) is 11.5. The number of amides is 3. The highest BCUT2D eigenvalue weighted by molar-refractivity contribution is 5.80. The van der Waals surface area contributed by atoms with E-state index in [2.05, 4.69) is 13.8 Å². The molecule has 0 unspecified atom stereocenters. The van der Waals surface area contributed by atoms with Crippen LogP contribution in [0.1, 0.15) is 46.0 Å². The minimum atomic E-state index is -0.183. The molecule has 3 fully saturated rings. The van der Waals surface area contributed by atoms with Crippen molar-refractivity contribution in [2.75, 3.05) is 45.9 Å². The van der Waals surface area contributed by atoms with E-state index in [9.17, 15) is 9.59 Å². The largest absolute Gasteiger partial charge is 0.377 e. The van der Waals surface area contributed by atoms with Crippen molar-refractivity contribution < 1.29 is 14.3 Å². The molecule has 3 saturated heterocycles. The van der Waals surface area contributed by atoms with Gasteiger partial charge in [-0.05, 0) is 39.0 Å². The maximum Gasteiger partial charge on any atom is 0.319 e. The summed E-state index contributed by atoms with van der Waals surface area (Å²) in [7, 11) is 0. The van der Waals surface area contributed by atoms with Gasteiger partial charge in [0.2, 0.25) is 5.91 Å². The predicted molar refractivity (Wildman–Crippen MR) is 91.7 cm³/mol. The second kappa shape index (κ2) is 7.30. The number of urea groups is 1. The van der Waals surface area contributed by atoms with E-state index in [1.807, 2.05) is 14.7 Å². The van der Waals surface area contributed by atoms with Crippen LogP contribution in [-0.4, -0.2) is 78.1 Å². The van der Waals surface area contributed by atoms with Crippen LogP contribution >= 0.6 is 0 Å². The van der Waals surface area contributed by atoms with Crippen molar-refractivity contribution in [2.45, 2.75) is 51.5 Å². The normalized spacial score (nSPS) is 29.2. The average Bonchev–Trinajstić information content (AvgIpc) is 3.16. The second-order valence-corrected chi connectivity index (χ2v) is 7.63. The third-order valence-electron chi connectivity index (χ3n) is 6.04. The Hall–Kier alpha value is -1.30. The molecule has 3 amide bonds. The summed E-state index contributed by atoms with van der Waals surface area (Å²) in [6.45, 7) is 9.38. The highest BCUT2D eigenvalue weighted by Crippen LogP contribution is 2.29. The van der Waals surface area contributed by atoms with Crippen LogP contribution in [0.3, 0.4) is 0 Å². The lowest BCUT2D eigenvalue weighted by Gasteiger charge is -2.46. The number of hydrogen-bond donors (Lipinski definition) is 0. The molecule has 0 radical (unpaired) electrons. The second-order valence-electron chi connectivity index (χ2n) is 7.63. The summed E-state index contributed by atoms with van der Waals surface area (Å²) in [6, 6.07) is 0.170. The molecule has 136 valence electrons. The fourth-order valence-corrected chi connectivity index (χ4v) is 4.11. The number of carbonyl (C=O) groups excluding carboxylic acids is 2. The van der Waals surface area contributed by atoms with Crippen molar-refractivity contribution in [3.63, 3.8) is 0 Å². The Morgan fingerprint density at radius 1 is 1.04 bits per heavy atom. The molecule has 0 bridgehead atoms. The van der Waals surface area contributed by atoms with Crippen molar-refractivity contribution in [1.82, 2.24) is 14.7 Å². The third kappa shape index (κ3) is 3.39. The van der Waals surface area contributed by atoms with Gasteiger partial charge in [-0.25, -0.2) is 4.79 Å². The standard InChI is InChI=1S/C18H31N3O3/c1-3-18(2)14-24-13-12-21(18)16(22)15-6-10-20(11-7-15)17(23)19-8-4-5-9-19/h15H,3-14H2,1-2H3/t18-/m1/s1. The first-order valence-corrected chi connectivity index (χ1v) is 9.48. The fourth-order valence-electron chi connectivity index (χ4n) is 4.11. The van der Waals surface area contributed by atoms with Gasteiger partial charge in [-0.2, -0.15) is 0 Å². The van der Waals surface area contributed by atoms with E-state index in [1.54, 1.807) is 0 Å². The van der Waals surface area contributed by atoms with Crippen LogP contribution in [0.2, 0.25) is 0 Å². The van der Waals surface area contributed by atoms with Gasteiger partial charge in [0.1, 0.15) is 0 Å². The van der Waals surface area contributed by atoms with Gasteiger partial charge < -0.3 is 19.4 Å². The molecule has 0 N–H and O–H groups in total. The van der Waals surface area contributed by atoms with Crippen LogP contribution in [0, 0.1) is 5.92 Å². The maximum atomic E-state index is 13.0. The van der Waals surface area contributed by atoms with Crippen molar-refractivity contribution >= 4 is 11.9 Å². The Morgan fingerprint density at radius 3 is 2.29 bits per heavy atom. The summed E-state index contributed by atoms with van der Waals surface area (Å²) in [5, 5.41) is 0. The fraction of sp³-hybridized carbons (Fsp3) is 0.889. The molecule has 0 aromatic rings. The highest BCUT2D eigenvalue weighted by atomic mass is 16.5. The van der Waals surface area contributed by atoms with E-state index in [1.165, 1.54) is 0 Å². The molecule has 6 heteroatoms. The first-order valence-electron chi connectivity index (χ1n) is 9.48. The van der Waals surface area contributed by atoms with Gasteiger partial charge in [0.25, 0.3) is 0 Å². The molecule has 0 aromatic carbocycles. The monoisotopic (exact) mass is 337 g/mol. The Labute approximate surface area is 145 Å². The molecule has 0 saturated carbocycles. The minimum absolute atomic E-state index is 0.0524. The number of hydrogen-bond acceptors (Lipinski definition) is 3. The number of ether oxygens (including phenoxy) is 1. The van der Waals surface area contributed by atoms with E-state index in [4.69, 9.17) is 4.74 Å². The quantitative estimate of drug-likeness (QED) is 0.774. The van der Waals surface area contributed by atoms with E-state index >= 15 is 0 Å². The van der Waals surface area contributed by atoms with Crippen LogP contribution in [0.5, 0.6) is 0 Å². The van der Waals surface area contributed by atoms with E-state index in [0.717, 1.165) is 45.2 Å². The number of piperidine rings is 1. The molecule has 3 aliphatic rings. The number of likely N-dealkylation sites (tertiary alicyclic amines) is 2. The summed E-state index contributed by atoms with van der Waals surface area (Å²) < 4.78 is 5.60. The molecule has 3 heterocycles. The first kappa shape index (κ1) is 17.5. The van der Waals surface area contributed by atoms with Crippen molar-refractivity contribution in [1.29, 1.82) is 0 Å². The molecule has 24 heavy (non-hydrogen) atoms. The van der Waals surface area contributed by atoms with E-state index in [-0.39, 0.29) is 23.4 Å². The summed E-state index contributed by atoms with van der Waals surface area (Å²) >= 11 is 0. The van der Waals surface area contributed by atoms with Gasteiger partial charge in [-0.15, -0.1) is 0 Å². The molecular formula is C18H31N3O3. The minimum Gasteiger partial charge on any atom is -0.377 e. The van der Waals surface area contributed by atoms with Crippen LogP contribution in [0.25, 0.3) is 0 Å². The van der Waals surface area contributed by atoms with E-state index < -0.39 is 0 Å². The van der Waals surface area contributed by atoms with Crippen molar-refractivity contribution in [3.8, 4) is 0 Å². The van der Waals surface area contributed by atoms with Gasteiger partial charge in [-0.1, -0.05) is 6.92 Å². The summed E-state index contributed by atoms with van der Waals surface area (Å²) in [5.41, 5.74) is -0.183. The average molecular weight is 337 g/mol. The third-order valence-corrected chi connectivity index (χ3v) is 6.04. The summed E-state index contributed by atoms with van der Waals surface area (Å²) in [5.74, 6) is 0.313. The molecule has 1 atom stereocenters. The van der Waals surface area contributed by atoms with Crippen molar-refractivity contribution in [3.05, 3.63) is 0 Å². The van der Waals surface area contributed by atoms with Crippen LogP contribution in [0.15, 0.2) is 0 Å². The van der Waals surface area contributed by atoms with Gasteiger partial charge in [-0.3, -0.25) is 4.79 Å². The molecule has 6 nitrogen and oxygen atoms in total. The van der Waals surface area contributed by atoms with Gasteiger partial charge in [0, 0.05) is 38.6 Å². The Morgan fingerprint density at radius 2 is 1.67 bits per heavy atom. The number of nitrogens with zero attached hydrogens (tertiary/aromatic N) is 3. The summed E-state index contributed by atoms with van der Waals surface area (Å²) in [4.78, 5) is 31.4. The topological polar surface area (TPSA) is 53.1 Å². The maximum absolute atomic E-state index is 13.0. The molecule has 0 aliphatic carbocycles. The highest BCUT2D eigenvalue weighted by Gasteiger charge is 2.40. The van der Waals surface area contributed by atoms with Crippen LogP contribution in [-0.2, 0) is 9.53 Å². The van der Waals surface area contributed by atoms with Crippen LogP contribution in [0.4, 0.5) is 4.79 Å². The molecule has 3 rings (SSSR count). The SMILES string of the molecule is CC[C@]1(C)COCCN1C(=O)C1CCN(C(=O)N2CCCC2)CC1. The summed E-state index contributed by atoms with van der Waals surface area (Å²) in [6.07, 6.45) is 4.72. The Kier molecular flexibility index (Phi) is 5.33. The van der Waals surface area contributed by atoms with E-state index in [0.29, 0.717) is 32.8 Å². The lowest BCUT2D eigenvalue weighted by Crippen LogP contribution is -2.59. The number of rotatable bonds is 2. The molecule has 3 aliphatic heterocycles. The lowest BCUT2D eigenvalue weighted by molar-refractivity contribution is -0.154. The van der Waals surface area contributed by atoms with Gasteiger partial charge in [0.05, 0.1) is 18.8 Å². The zero-order valence-corrected chi connectivity index (χ0v) is 15.1. The van der Waals surface area contributed by atoms with Gasteiger partial charge in [0.15, 0.2) is 0 Å². The molecule has 0 spiro atoms. The van der Waals surface area contributed by atoms with Crippen molar-refractivity contribution in [2.24, 2.45) is 5.92 Å². The molecular weight excluding hydrogens is 306 g/mol. The number of carbonyl (C=O) groups is 2. The smallest absolute Gasteiger partial charge is 0.319 e.